The highest BCUT2D eigenvalue weighted by Gasteiger charge is 2.06. The van der Waals surface area contributed by atoms with Crippen molar-refractivity contribution in [2.75, 3.05) is 0 Å². The average Bonchev–Trinajstić information content (AvgIpc) is 2.86. The maximum Gasteiger partial charge on any atom is 0.244 e. The monoisotopic (exact) mass is 313 g/mol. The summed E-state index contributed by atoms with van der Waals surface area (Å²) < 4.78 is 1.35. The van der Waals surface area contributed by atoms with Gasteiger partial charge in [0.2, 0.25) is 5.91 Å². The molecule has 18 heavy (non-hydrogen) atoms. The van der Waals surface area contributed by atoms with Crippen molar-refractivity contribution in [3.8, 4) is 0 Å². The first-order chi connectivity index (χ1) is 8.72. The lowest BCUT2D eigenvalue weighted by Gasteiger charge is -1.97. The first-order valence-electron chi connectivity index (χ1n) is 6.12. The van der Waals surface area contributed by atoms with Crippen LogP contribution in [0.4, 0.5) is 0 Å². The van der Waals surface area contributed by atoms with Crippen molar-refractivity contribution in [1.82, 2.24) is 14.8 Å². The molecule has 0 unspecified atom stereocenters. The van der Waals surface area contributed by atoms with E-state index in [4.69, 9.17) is 0 Å². The Morgan fingerprint density at radius 2 is 1.89 bits per heavy atom. The smallest absolute Gasteiger partial charge is 0.244 e. The third-order valence-electron chi connectivity index (χ3n) is 1.95. The number of nitrogens with zero attached hydrogens (tertiary/aromatic N) is 3. The second-order valence-corrected chi connectivity index (χ2v) is 3.50. The number of halogens is 1. The molecule has 0 N–H and O–H groups in total. The minimum Gasteiger partial charge on any atom is -0.273 e. The Kier molecular flexibility index (Phi) is 8.20. The van der Waals surface area contributed by atoms with E-state index >= 15 is 0 Å². The molecule has 0 bridgehead atoms. The van der Waals surface area contributed by atoms with Gasteiger partial charge in [-0.05, 0) is 6.07 Å². The predicted octanol–water partition coefficient (Wildman–Crippen LogP) is 4.04. The number of alkyl halides is 1. The lowest BCUT2D eigenvalue weighted by atomic mass is 10.3. The summed E-state index contributed by atoms with van der Waals surface area (Å²) in [4.78, 5) is 15.3. The fourth-order valence-electron chi connectivity index (χ4n) is 1.30. The van der Waals surface area contributed by atoms with E-state index in [-0.39, 0.29) is 5.91 Å². The molecule has 2 aromatic rings. The van der Waals surface area contributed by atoms with Crippen LogP contribution in [0, 0.1) is 0 Å². The van der Waals surface area contributed by atoms with E-state index in [1.807, 2.05) is 33.8 Å². The summed E-state index contributed by atoms with van der Waals surface area (Å²) in [5.74, 6) is -0.103. The molecule has 0 radical (unpaired) electrons. The zero-order valence-corrected chi connectivity index (χ0v) is 13.2. The highest BCUT2D eigenvalue weighted by molar-refractivity contribution is 9.08. The van der Waals surface area contributed by atoms with Crippen molar-refractivity contribution < 1.29 is 4.79 Å². The van der Waals surface area contributed by atoms with Gasteiger partial charge in [-0.3, -0.25) is 9.78 Å². The molecular formula is C13H20BrN3O. The molecule has 0 amide bonds. The minimum atomic E-state index is -0.103. The zero-order valence-electron chi connectivity index (χ0n) is 11.6. The van der Waals surface area contributed by atoms with Gasteiger partial charge >= 0.3 is 0 Å². The second kappa shape index (κ2) is 8.80. The Bertz CT molecular complexity index is 494. The number of rotatable bonds is 1. The second-order valence-electron chi connectivity index (χ2n) is 2.94. The number of pyridine rings is 1. The van der Waals surface area contributed by atoms with E-state index in [1.165, 1.54) is 11.6 Å². The Morgan fingerprint density at radius 3 is 2.39 bits per heavy atom. The molecule has 0 aliphatic rings. The first kappa shape index (κ1) is 16.8. The summed E-state index contributed by atoms with van der Waals surface area (Å²) in [5, 5.41) is 5.62. The van der Waals surface area contributed by atoms with Crippen LogP contribution in [0.25, 0.3) is 10.9 Å². The highest BCUT2D eigenvalue weighted by Crippen LogP contribution is 2.14. The lowest BCUT2D eigenvalue weighted by Crippen LogP contribution is -2.06. The summed E-state index contributed by atoms with van der Waals surface area (Å²) >= 11 is 3.32. The fraction of sp³-hybridized carbons (Fsp3) is 0.462. The van der Waals surface area contributed by atoms with Gasteiger partial charge in [0, 0.05) is 17.6 Å². The summed E-state index contributed by atoms with van der Waals surface area (Å²) in [7, 11) is 0. The average molecular weight is 314 g/mol. The van der Waals surface area contributed by atoms with Gasteiger partial charge in [-0.15, -0.1) is 0 Å². The maximum absolute atomic E-state index is 11.1. The quantitative estimate of drug-likeness (QED) is 0.746. The molecule has 0 spiro atoms. The Labute approximate surface area is 117 Å². The topological polar surface area (TPSA) is 47.8 Å². The van der Waals surface area contributed by atoms with Gasteiger partial charge < -0.3 is 0 Å². The minimum absolute atomic E-state index is 0.103. The number of carbonyl (C=O) groups is 1. The van der Waals surface area contributed by atoms with Crippen LogP contribution in [-0.2, 0) is 5.33 Å². The first-order valence-corrected chi connectivity index (χ1v) is 7.24. The van der Waals surface area contributed by atoms with Crippen LogP contribution >= 0.6 is 15.9 Å². The maximum atomic E-state index is 11.1. The normalized spacial score (nSPS) is 9.00. The molecule has 0 fully saturated rings. The van der Waals surface area contributed by atoms with Crippen LogP contribution in [0.2, 0.25) is 0 Å². The Morgan fingerprint density at radius 1 is 1.28 bits per heavy atom. The van der Waals surface area contributed by atoms with E-state index < -0.39 is 0 Å². The largest absolute Gasteiger partial charge is 0.273 e. The SMILES string of the molecule is CC.CC.CC(=O)n1ncc2cc(CBr)ncc21. The van der Waals surface area contributed by atoms with E-state index in [0.29, 0.717) is 5.33 Å². The van der Waals surface area contributed by atoms with Crippen molar-refractivity contribution >= 4 is 32.7 Å². The van der Waals surface area contributed by atoms with Gasteiger partial charge in [0.1, 0.15) is 0 Å². The molecule has 0 aliphatic carbocycles. The molecule has 100 valence electrons. The van der Waals surface area contributed by atoms with Crippen LogP contribution in [-0.4, -0.2) is 20.7 Å². The Hall–Kier alpha value is -1.23. The third-order valence-corrected chi connectivity index (χ3v) is 2.52. The lowest BCUT2D eigenvalue weighted by molar-refractivity contribution is 0.0926. The summed E-state index contributed by atoms with van der Waals surface area (Å²) in [5.41, 5.74) is 1.68. The van der Waals surface area contributed by atoms with Crippen molar-refractivity contribution in [1.29, 1.82) is 0 Å². The number of fused-ring (bicyclic) bond motifs is 1. The van der Waals surface area contributed by atoms with Crippen LogP contribution in [0.5, 0.6) is 0 Å². The van der Waals surface area contributed by atoms with E-state index in [9.17, 15) is 4.79 Å². The molecule has 2 heterocycles. The third kappa shape index (κ3) is 3.91. The highest BCUT2D eigenvalue weighted by atomic mass is 79.9. The van der Waals surface area contributed by atoms with Crippen molar-refractivity contribution in [2.45, 2.75) is 39.9 Å². The van der Waals surface area contributed by atoms with Gasteiger partial charge in [0.25, 0.3) is 0 Å². The van der Waals surface area contributed by atoms with Crippen LogP contribution < -0.4 is 0 Å². The molecule has 0 saturated carbocycles. The summed E-state index contributed by atoms with van der Waals surface area (Å²) in [6.07, 6.45) is 3.34. The van der Waals surface area contributed by atoms with Gasteiger partial charge in [-0.2, -0.15) is 9.78 Å². The fourth-order valence-corrected chi connectivity index (χ4v) is 1.60. The van der Waals surface area contributed by atoms with E-state index in [2.05, 4.69) is 26.0 Å². The van der Waals surface area contributed by atoms with E-state index in [0.717, 1.165) is 16.6 Å². The van der Waals surface area contributed by atoms with Crippen LogP contribution in [0.1, 0.15) is 45.1 Å². The molecule has 0 aliphatic heterocycles. The van der Waals surface area contributed by atoms with Crippen LogP contribution in [0.15, 0.2) is 18.5 Å². The standard InChI is InChI=1S/C9H8BrN3O.2C2H6/c1-6(14)13-9-5-11-8(3-10)2-7(9)4-12-13;2*1-2/h2,4-5H,3H2,1H3;2*1-2H3. The molecular weight excluding hydrogens is 294 g/mol. The Balaban J connectivity index is 0.000000659. The number of aromatic nitrogens is 3. The molecule has 4 nitrogen and oxygen atoms in total. The molecule has 0 aromatic carbocycles. The van der Waals surface area contributed by atoms with Crippen molar-refractivity contribution in [3.05, 3.63) is 24.2 Å². The van der Waals surface area contributed by atoms with E-state index in [1.54, 1.807) is 12.4 Å². The van der Waals surface area contributed by atoms with Gasteiger partial charge in [0.15, 0.2) is 0 Å². The van der Waals surface area contributed by atoms with Gasteiger partial charge in [-0.25, -0.2) is 0 Å². The van der Waals surface area contributed by atoms with Gasteiger partial charge in [0.05, 0.1) is 23.6 Å². The summed E-state index contributed by atoms with van der Waals surface area (Å²) in [6, 6.07) is 1.91. The molecule has 2 aromatic heterocycles. The number of hydrogen-bond acceptors (Lipinski definition) is 3. The van der Waals surface area contributed by atoms with Gasteiger partial charge in [-0.1, -0.05) is 43.6 Å². The molecule has 2 rings (SSSR count). The zero-order chi connectivity index (χ0) is 14.1. The van der Waals surface area contributed by atoms with Crippen molar-refractivity contribution in [2.24, 2.45) is 0 Å². The molecule has 0 saturated heterocycles. The molecule has 5 heteroatoms. The predicted molar refractivity (Wildman–Crippen MR) is 79.2 cm³/mol. The number of carbonyl (C=O) groups excluding carboxylic acids is 1. The molecule has 0 atom stereocenters. The van der Waals surface area contributed by atoms with Crippen LogP contribution in [0.3, 0.4) is 0 Å². The number of hydrogen-bond donors (Lipinski definition) is 0. The summed E-state index contributed by atoms with van der Waals surface area (Å²) in [6.45, 7) is 9.48. The van der Waals surface area contributed by atoms with Crippen molar-refractivity contribution in [3.63, 3.8) is 0 Å².